The molecule has 0 fully saturated rings. The molecule has 0 atom stereocenters. The summed E-state index contributed by atoms with van der Waals surface area (Å²) >= 11 is 0. The number of nitrogens with one attached hydrogen (secondary N) is 2. The third-order valence-corrected chi connectivity index (χ3v) is 2.93. The van der Waals surface area contributed by atoms with Crippen LogP contribution in [0.15, 0.2) is 30.6 Å². The summed E-state index contributed by atoms with van der Waals surface area (Å²) in [5.41, 5.74) is 0.961. The Balaban J connectivity index is 1.59. The van der Waals surface area contributed by atoms with Gasteiger partial charge in [0.05, 0.1) is 0 Å². The van der Waals surface area contributed by atoms with Crippen LogP contribution in [0.25, 0.3) is 0 Å². The number of aromatic amines is 1. The average Bonchev–Trinajstić information content (AvgIpc) is 2.96. The first-order chi connectivity index (χ1) is 9.74. The molecule has 0 saturated carbocycles. The molecule has 1 aromatic carbocycles. The molecule has 0 spiro atoms. The zero-order valence-electron chi connectivity index (χ0n) is 11.1. The Morgan fingerprint density at radius 1 is 1.25 bits per heavy atom. The van der Waals surface area contributed by atoms with E-state index in [2.05, 4.69) is 20.5 Å². The van der Waals surface area contributed by atoms with Crippen molar-refractivity contribution in [3.63, 3.8) is 0 Å². The molecule has 0 unspecified atom stereocenters. The van der Waals surface area contributed by atoms with E-state index in [1.165, 1.54) is 18.5 Å². The molecule has 6 heteroatoms. The number of benzene rings is 1. The van der Waals surface area contributed by atoms with E-state index < -0.39 is 0 Å². The topological polar surface area (TPSA) is 70.7 Å². The molecule has 0 aliphatic rings. The Labute approximate surface area is 116 Å². The van der Waals surface area contributed by atoms with Crippen molar-refractivity contribution in [1.82, 2.24) is 20.5 Å². The van der Waals surface area contributed by atoms with E-state index in [1.54, 1.807) is 12.1 Å². The summed E-state index contributed by atoms with van der Waals surface area (Å²) < 4.78 is 12.7. The van der Waals surface area contributed by atoms with Gasteiger partial charge in [-0.2, -0.15) is 5.10 Å². The van der Waals surface area contributed by atoms with Crippen LogP contribution in [0.5, 0.6) is 0 Å². The van der Waals surface area contributed by atoms with Gasteiger partial charge in [0.2, 0.25) is 5.91 Å². The molecule has 0 aliphatic carbocycles. The van der Waals surface area contributed by atoms with Crippen molar-refractivity contribution in [3.8, 4) is 0 Å². The highest BCUT2D eigenvalue weighted by molar-refractivity contribution is 5.76. The van der Waals surface area contributed by atoms with E-state index in [4.69, 9.17) is 0 Å². The van der Waals surface area contributed by atoms with Crippen LogP contribution < -0.4 is 5.32 Å². The van der Waals surface area contributed by atoms with Gasteiger partial charge in [-0.1, -0.05) is 12.1 Å². The first-order valence-electron chi connectivity index (χ1n) is 6.59. The van der Waals surface area contributed by atoms with Gasteiger partial charge < -0.3 is 5.32 Å². The van der Waals surface area contributed by atoms with Crippen molar-refractivity contribution in [1.29, 1.82) is 0 Å². The molecule has 2 rings (SSSR count). The van der Waals surface area contributed by atoms with Crippen molar-refractivity contribution >= 4 is 5.91 Å². The number of rotatable bonds is 7. The lowest BCUT2D eigenvalue weighted by Crippen LogP contribution is -2.25. The van der Waals surface area contributed by atoms with E-state index in [0.717, 1.165) is 24.2 Å². The zero-order valence-corrected chi connectivity index (χ0v) is 11.1. The van der Waals surface area contributed by atoms with Gasteiger partial charge in [-0.05, 0) is 30.5 Å². The highest BCUT2D eigenvalue weighted by Crippen LogP contribution is 2.05. The van der Waals surface area contributed by atoms with Gasteiger partial charge in [0.15, 0.2) is 0 Å². The standard InChI is InChI=1S/C14H17FN4O/c15-12-6-3-11(4-7-12)5-8-14(20)16-9-1-2-13-17-10-18-19-13/h3-4,6-7,10H,1-2,5,8-9H2,(H,16,20)(H,17,18,19). The molecular weight excluding hydrogens is 259 g/mol. The smallest absolute Gasteiger partial charge is 0.220 e. The van der Waals surface area contributed by atoms with Crippen LogP contribution in [-0.2, 0) is 17.6 Å². The molecule has 5 nitrogen and oxygen atoms in total. The Bertz CT molecular complexity index is 525. The van der Waals surface area contributed by atoms with E-state index in [9.17, 15) is 9.18 Å². The Hall–Kier alpha value is -2.24. The maximum absolute atomic E-state index is 12.7. The van der Waals surface area contributed by atoms with Crippen molar-refractivity contribution in [3.05, 3.63) is 47.8 Å². The lowest BCUT2D eigenvalue weighted by molar-refractivity contribution is -0.121. The second kappa shape index (κ2) is 7.37. The molecule has 1 heterocycles. The van der Waals surface area contributed by atoms with Crippen LogP contribution in [0.2, 0.25) is 0 Å². The number of H-pyrrole nitrogens is 1. The Morgan fingerprint density at radius 3 is 2.75 bits per heavy atom. The van der Waals surface area contributed by atoms with Crippen molar-refractivity contribution < 1.29 is 9.18 Å². The van der Waals surface area contributed by atoms with Crippen LogP contribution >= 0.6 is 0 Å². The monoisotopic (exact) mass is 276 g/mol. The van der Waals surface area contributed by atoms with Crippen LogP contribution in [0, 0.1) is 5.82 Å². The molecule has 0 radical (unpaired) electrons. The second-order valence-corrected chi connectivity index (χ2v) is 4.51. The van der Waals surface area contributed by atoms with Crippen molar-refractivity contribution in [2.45, 2.75) is 25.7 Å². The van der Waals surface area contributed by atoms with E-state index in [0.29, 0.717) is 19.4 Å². The van der Waals surface area contributed by atoms with Gasteiger partial charge in [-0.25, -0.2) is 9.37 Å². The van der Waals surface area contributed by atoms with Crippen molar-refractivity contribution in [2.75, 3.05) is 6.54 Å². The summed E-state index contributed by atoms with van der Waals surface area (Å²) in [6.45, 7) is 0.614. The predicted octanol–water partition coefficient (Wildman–Crippen LogP) is 1.63. The van der Waals surface area contributed by atoms with Crippen LogP contribution in [0.4, 0.5) is 4.39 Å². The third kappa shape index (κ3) is 4.79. The van der Waals surface area contributed by atoms with E-state index >= 15 is 0 Å². The molecule has 1 aromatic heterocycles. The van der Waals surface area contributed by atoms with E-state index in [-0.39, 0.29) is 11.7 Å². The first kappa shape index (κ1) is 14.2. The molecule has 0 saturated heterocycles. The van der Waals surface area contributed by atoms with Gasteiger partial charge in [0.25, 0.3) is 0 Å². The highest BCUT2D eigenvalue weighted by atomic mass is 19.1. The maximum atomic E-state index is 12.7. The summed E-state index contributed by atoms with van der Waals surface area (Å²) in [5.74, 6) is 0.572. The molecule has 0 aliphatic heterocycles. The average molecular weight is 276 g/mol. The maximum Gasteiger partial charge on any atom is 0.220 e. The minimum atomic E-state index is -0.259. The SMILES string of the molecule is O=C(CCc1ccc(F)cc1)NCCCc1ncn[nH]1. The minimum Gasteiger partial charge on any atom is -0.356 e. The zero-order chi connectivity index (χ0) is 14.2. The fourth-order valence-electron chi connectivity index (χ4n) is 1.83. The Kier molecular flexibility index (Phi) is 5.23. The molecule has 2 aromatic rings. The quantitative estimate of drug-likeness (QED) is 0.755. The summed E-state index contributed by atoms with van der Waals surface area (Å²) in [6, 6.07) is 6.22. The fourth-order valence-corrected chi connectivity index (χ4v) is 1.83. The number of hydrogen-bond donors (Lipinski definition) is 2. The summed E-state index contributed by atoms with van der Waals surface area (Å²) in [5, 5.41) is 9.38. The minimum absolute atomic E-state index is 0.00638. The number of halogens is 1. The number of carbonyl (C=O) groups is 1. The third-order valence-electron chi connectivity index (χ3n) is 2.93. The molecule has 1 amide bonds. The Morgan fingerprint density at radius 2 is 2.05 bits per heavy atom. The van der Waals surface area contributed by atoms with Crippen LogP contribution in [0.3, 0.4) is 0 Å². The van der Waals surface area contributed by atoms with Gasteiger partial charge in [0, 0.05) is 19.4 Å². The van der Waals surface area contributed by atoms with Crippen molar-refractivity contribution in [2.24, 2.45) is 0 Å². The lowest BCUT2D eigenvalue weighted by Gasteiger charge is -2.04. The highest BCUT2D eigenvalue weighted by Gasteiger charge is 2.02. The molecular formula is C14H17FN4O. The number of aromatic nitrogens is 3. The van der Waals surface area contributed by atoms with Gasteiger partial charge in [-0.15, -0.1) is 0 Å². The molecule has 0 bridgehead atoms. The predicted molar refractivity (Wildman–Crippen MR) is 72.4 cm³/mol. The molecule has 20 heavy (non-hydrogen) atoms. The lowest BCUT2D eigenvalue weighted by atomic mass is 10.1. The number of carbonyl (C=O) groups excluding carboxylic acids is 1. The summed E-state index contributed by atoms with van der Waals surface area (Å²) in [6.07, 6.45) is 4.08. The van der Waals surface area contributed by atoms with Crippen LogP contribution in [0.1, 0.15) is 24.2 Å². The molecule has 106 valence electrons. The fraction of sp³-hybridized carbons (Fsp3) is 0.357. The second-order valence-electron chi connectivity index (χ2n) is 4.51. The molecule has 2 N–H and O–H groups in total. The van der Waals surface area contributed by atoms with Gasteiger partial charge in [-0.3, -0.25) is 9.89 Å². The van der Waals surface area contributed by atoms with Gasteiger partial charge in [0.1, 0.15) is 18.0 Å². The summed E-state index contributed by atoms with van der Waals surface area (Å²) in [4.78, 5) is 15.6. The summed E-state index contributed by atoms with van der Waals surface area (Å²) in [7, 11) is 0. The van der Waals surface area contributed by atoms with E-state index in [1.807, 2.05) is 0 Å². The number of amides is 1. The number of nitrogens with zero attached hydrogens (tertiary/aromatic N) is 2. The van der Waals surface area contributed by atoms with Gasteiger partial charge >= 0.3 is 0 Å². The largest absolute Gasteiger partial charge is 0.356 e. The number of aryl methyl sites for hydroxylation is 2. The number of hydrogen-bond acceptors (Lipinski definition) is 3. The normalized spacial score (nSPS) is 10.4. The van der Waals surface area contributed by atoms with Crippen LogP contribution in [-0.4, -0.2) is 27.6 Å². The first-order valence-corrected chi connectivity index (χ1v) is 6.59.